The summed E-state index contributed by atoms with van der Waals surface area (Å²) in [7, 11) is 0. The second-order valence-corrected chi connectivity index (χ2v) is 7.39. The highest BCUT2D eigenvalue weighted by molar-refractivity contribution is 4.71. The van der Waals surface area contributed by atoms with Gasteiger partial charge in [-0.1, -0.05) is 66.8 Å². The van der Waals surface area contributed by atoms with Gasteiger partial charge in [0.15, 0.2) is 0 Å². The molecule has 5 nitrogen and oxygen atoms in total. The van der Waals surface area contributed by atoms with Gasteiger partial charge in [-0.3, -0.25) is 0 Å². The number of ether oxygens (including phenoxy) is 3. The average Bonchev–Trinajstić information content (AvgIpc) is 3.91. The predicted octanol–water partition coefficient (Wildman–Crippen LogP) is 11.9. The van der Waals surface area contributed by atoms with E-state index in [1.165, 1.54) is 0 Å². The molecule has 0 spiro atoms. The number of aliphatic hydroxyl groups is 2. The molecular weight excluding hydrogens is 572 g/mol. The quantitative estimate of drug-likeness (QED) is 0.228. The van der Waals surface area contributed by atoms with Gasteiger partial charge in [-0.2, -0.15) is 0 Å². The highest BCUT2D eigenvalue weighted by atomic mass is 16.6. The molecule has 0 amide bonds. The Morgan fingerprint density at radius 2 is 0.522 bits per heavy atom. The first-order chi connectivity index (χ1) is 21.9. The van der Waals surface area contributed by atoms with Crippen molar-refractivity contribution in [3.63, 3.8) is 0 Å². The highest BCUT2D eigenvalue weighted by Gasteiger charge is 2.26. The lowest BCUT2D eigenvalue weighted by Crippen LogP contribution is -2.06. The minimum Gasteiger partial charge on any atom is -0.394 e. The molecule has 46 heavy (non-hydrogen) atoms. The summed E-state index contributed by atoms with van der Waals surface area (Å²) >= 11 is 0. The average molecular weight is 655 g/mol. The molecule has 2 fully saturated rings. The molecule has 2 rings (SSSR count). The summed E-state index contributed by atoms with van der Waals surface area (Å²) in [5.74, 6) is 0. The van der Waals surface area contributed by atoms with Crippen LogP contribution in [0.2, 0.25) is 0 Å². The third-order valence-electron chi connectivity index (χ3n) is 1.51. The molecule has 276 valence electrons. The largest absolute Gasteiger partial charge is 0.394 e. The molecule has 2 saturated heterocycles. The maximum atomic E-state index is 7.62. The number of rotatable bonds is 5. The lowest BCUT2D eigenvalue weighted by Gasteiger charge is -1.95. The Kier molecular flexibility index (Phi) is 215. The van der Waals surface area contributed by atoms with E-state index < -0.39 is 0 Å². The predicted molar refractivity (Wildman–Crippen MR) is 219 cm³/mol. The van der Waals surface area contributed by atoms with E-state index in [2.05, 4.69) is 72.4 Å². The minimum atomic E-state index is -0.125. The molecule has 0 radical (unpaired) electrons. The smallest absolute Gasteiger partial charge is 0.104 e. The van der Waals surface area contributed by atoms with Crippen LogP contribution in [0, 0.1) is 0 Å². The Bertz CT molecular complexity index is 401. The van der Waals surface area contributed by atoms with Crippen LogP contribution in [-0.4, -0.2) is 62.1 Å². The van der Waals surface area contributed by atoms with Gasteiger partial charge in [0.25, 0.3) is 0 Å². The van der Waals surface area contributed by atoms with E-state index in [-0.39, 0.29) is 13.2 Å². The Morgan fingerprint density at radius 3 is 0.587 bits per heavy atom. The zero-order chi connectivity index (χ0) is 39.3. The van der Waals surface area contributed by atoms with Crippen LogP contribution in [0.3, 0.4) is 0 Å². The molecule has 0 aromatic carbocycles. The molecule has 0 saturated carbocycles. The van der Waals surface area contributed by atoms with Gasteiger partial charge in [0, 0.05) is 0 Å². The standard InChI is InChI=1S/C6H10O3.11C3H6.C2H6O2/c1(5-3-8-5)7-2-6-4-9-6;11*1-3-2;3-1-2-4/h5-6H,1-4H2;11*3H,1H2,2H3;3-4H,1-2H2. The van der Waals surface area contributed by atoms with Crippen LogP contribution in [0.15, 0.2) is 139 Å². The molecule has 0 aromatic rings. The van der Waals surface area contributed by atoms with Crippen molar-refractivity contribution in [3.05, 3.63) is 139 Å². The Balaban J connectivity index is -0.0000000332. The number of allylic oxidation sites excluding steroid dienone is 11. The van der Waals surface area contributed by atoms with Crippen LogP contribution in [0.1, 0.15) is 76.2 Å². The SMILES string of the molecule is C(OCC1CO1)C1CO1.C=CC.C=CC.C=CC.C=CC.C=CC.C=CC.C=CC.C=CC.C=CC.C=CC.C=CC.OCCO. The first kappa shape index (κ1) is 74.0. The second-order valence-electron chi connectivity index (χ2n) is 7.39. The summed E-state index contributed by atoms with van der Waals surface area (Å²) in [5.41, 5.74) is 0. The first-order valence-electron chi connectivity index (χ1n) is 15.2. The van der Waals surface area contributed by atoms with Gasteiger partial charge >= 0.3 is 0 Å². The van der Waals surface area contributed by atoms with E-state index in [4.69, 9.17) is 24.4 Å². The fourth-order valence-electron chi connectivity index (χ4n) is 0.659. The van der Waals surface area contributed by atoms with Crippen molar-refractivity contribution in [2.24, 2.45) is 0 Å². The third-order valence-corrected chi connectivity index (χ3v) is 1.51. The third kappa shape index (κ3) is 661. The first-order valence-corrected chi connectivity index (χ1v) is 15.2. The summed E-state index contributed by atoms with van der Waals surface area (Å²) < 4.78 is 15.1. The van der Waals surface area contributed by atoms with Crippen molar-refractivity contribution in [3.8, 4) is 0 Å². The molecule has 2 N–H and O–H groups in total. The Labute approximate surface area is 291 Å². The summed E-state index contributed by atoms with van der Waals surface area (Å²) in [6.07, 6.45) is 20.0. The van der Waals surface area contributed by atoms with Crippen LogP contribution in [0.25, 0.3) is 0 Å². The van der Waals surface area contributed by atoms with Gasteiger partial charge in [-0.25, -0.2) is 0 Å². The molecular formula is C41H82O5. The van der Waals surface area contributed by atoms with E-state index in [0.717, 1.165) is 26.4 Å². The van der Waals surface area contributed by atoms with Crippen molar-refractivity contribution in [2.45, 2.75) is 88.4 Å². The number of hydrogen-bond acceptors (Lipinski definition) is 5. The van der Waals surface area contributed by atoms with Gasteiger partial charge in [0.1, 0.15) is 12.2 Å². The molecule has 2 heterocycles. The molecule has 5 heteroatoms. The fraction of sp³-hybridized carbons (Fsp3) is 0.463. The normalized spacial score (nSPS) is 11.3. The van der Waals surface area contributed by atoms with Gasteiger partial charge in [0.2, 0.25) is 0 Å². The molecule has 2 aliphatic rings. The van der Waals surface area contributed by atoms with E-state index in [0.29, 0.717) is 12.2 Å². The van der Waals surface area contributed by atoms with Crippen molar-refractivity contribution in [2.75, 3.05) is 39.6 Å². The van der Waals surface area contributed by atoms with Crippen LogP contribution in [-0.2, 0) is 14.2 Å². The second kappa shape index (κ2) is 134. The zero-order valence-corrected chi connectivity index (χ0v) is 32.6. The monoisotopic (exact) mass is 655 g/mol. The molecule has 0 bridgehead atoms. The van der Waals surface area contributed by atoms with Crippen molar-refractivity contribution in [1.29, 1.82) is 0 Å². The number of epoxide rings is 2. The van der Waals surface area contributed by atoms with Crippen molar-refractivity contribution < 1.29 is 24.4 Å². The maximum absolute atomic E-state index is 7.62. The molecule has 2 unspecified atom stereocenters. The topological polar surface area (TPSA) is 74.8 Å². The van der Waals surface area contributed by atoms with Crippen LogP contribution in [0.5, 0.6) is 0 Å². The van der Waals surface area contributed by atoms with E-state index >= 15 is 0 Å². The minimum absolute atomic E-state index is 0.125. The van der Waals surface area contributed by atoms with E-state index in [1.807, 2.05) is 76.2 Å². The van der Waals surface area contributed by atoms with Gasteiger partial charge in [-0.05, 0) is 76.2 Å². The van der Waals surface area contributed by atoms with Crippen LogP contribution < -0.4 is 0 Å². The molecule has 0 aromatic heterocycles. The fourth-order valence-corrected chi connectivity index (χ4v) is 0.659. The summed E-state index contributed by atoms with van der Waals surface area (Å²) in [4.78, 5) is 0. The molecule has 2 atom stereocenters. The number of hydrogen-bond donors (Lipinski definition) is 2. The summed E-state index contributed by atoms with van der Waals surface area (Å²) in [5, 5.41) is 15.2. The Morgan fingerprint density at radius 1 is 0.413 bits per heavy atom. The zero-order valence-electron chi connectivity index (χ0n) is 32.6. The number of aliphatic hydroxyl groups excluding tert-OH is 2. The lowest BCUT2D eigenvalue weighted by atomic mass is 10.5. The Hall–Kier alpha value is -3.06. The highest BCUT2D eigenvalue weighted by Crippen LogP contribution is 2.12. The van der Waals surface area contributed by atoms with Crippen molar-refractivity contribution in [1.82, 2.24) is 0 Å². The summed E-state index contributed by atoms with van der Waals surface area (Å²) in [6, 6.07) is 0. The van der Waals surface area contributed by atoms with Crippen molar-refractivity contribution >= 4 is 0 Å². The van der Waals surface area contributed by atoms with Crippen LogP contribution >= 0.6 is 0 Å². The molecule has 2 aliphatic heterocycles. The van der Waals surface area contributed by atoms with Gasteiger partial charge < -0.3 is 24.4 Å². The van der Waals surface area contributed by atoms with Crippen LogP contribution in [0.4, 0.5) is 0 Å². The van der Waals surface area contributed by atoms with E-state index in [9.17, 15) is 0 Å². The summed E-state index contributed by atoms with van der Waals surface area (Å²) in [6.45, 7) is 60.8. The van der Waals surface area contributed by atoms with Gasteiger partial charge in [0.05, 0.1) is 39.6 Å². The maximum Gasteiger partial charge on any atom is 0.104 e. The molecule has 0 aliphatic carbocycles. The lowest BCUT2D eigenvalue weighted by molar-refractivity contribution is 0.102. The van der Waals surface area contributed by atoms with E-state index in [1.54, 1.807) is 66.8 Å². The van der Waals surface area contributed by atoms with Gasteiger partial charge in [-0.15, -0.1) is 72.4 Å².